The lowest BCUT2D eigenvalue weighted by molar-refractivity contribution is -0.139. The Hall–Kier alpha value is -2.90. The molecule has 27 heavy (non-hydrogen) atoms. The maximum atomic E-state index is 11.5. The summed E-state index contributed by atoms with van der Waals surface area (Å²) in [5.41, 5.74) is 3.82. The lowest BCUT2D eigenvalue weighted by atomic mass is 10.2. The van der Waals surface area contributed by atoms with E-state index in [2.05, 4.69) is 15.8 Å². The lowest BCUT2D eigenvalue weighted by Gasteiger charge is -2.08. The average Bonchev–Trinajstić information content (AvgIpc) is 2.68. The van der Waals surface area contributed by atoms with Crippen LogP contribution in [0, 0.1) is 0 Å². The molecule has 0 aliphatic carbocycles. The van der Waals surface area contributed by atoms with Gasteiger partial charge in [0.15, 0.2) is 0 Å². The Morgan fingerprint density at radius 1 is 1.15 bits per heavy atom. The summed E-state index contributed by atoms with van der Waals surface area (Å²) in [5.74, 6) is -1.11. The molecular weight excluding hydrogens is 370 g/mol. The molecule has 7 nitrogen and oxygen atoms in total. The van der Waals surface area contributed by atoms with E-state index in [4.69, 9.17) is 21.1 Å². The van der Waals surface area contributed by atoms with Gasteiger partial charge in [-0.25, -0.2) is 5.43 Å². The Morgan fingerprint density at radius 2 is 1.93 bits per heavy atom. The first kappa shape index (κ1) is 20.4. The van der Waals surface area contributed by atoms with Crippen LogP contribution in [0.2, 0.25) is 5.02 Å². The third-order valence-corrected chi connectivity index (χ3v) is 3.67. The van der Waals surface area contributed by atoms with Crippen LogP contribution in [0.15, 0.2) is 53.6 Å². The fourth-order valence-corrected chi connectivity index (χ4v) is 2.26. The Balaban J connectivity index is 1.84. The van der Waals surface area contributed by atoms with E-state index in [0.717, 1.165) is 5.56 Å². The molecule has 0 fully saturated rings. The second-order valence-corrected chi connectivity index (χ2v) is 5.82. The summed E-state index contributed by atoms with van der Waals surface area (Å²) in [5, 5.41) is 6.54. The molecule has 0 aliphatic rings. The fourth-order valence-electron chi connectivity index (χ4n) is 2.01. The van der Waals surface area contributed by atoms with Crippen LogP contribution in [0.25, 0.3) is 0 Å². The average molecular weight is 390 g/mol. The normalized spacial score (nSPS) is 10.6. The van der Waals surface area contributed by atoms with E-state index >= 15 is 0 Å². The van der Waals surface area contributed by atoms with Crippen molar-refractivity contribution in [3.05, 3.63) is 64.7 Å². The van der Waals surface area contributed by atoms with Crippen LogP contribution in [-0.2, 0) is 20.9 Å². The van der Waals surface area contributed by atoms with Gasteiger partial charge in [0, 0.05) is 13.7 Å². The van der Waals surface area contributed by atoms with E-state index in [1.807, 2.05) is 30.3 Å². The molecule has 8 heteroatoms. The summed E-state index contributed by atoms with van der Waals surface area (Å²) >= 11 is 6.21. The number of hydrogen-bond donors (Lipinski definition) is 2. The van der Waals surface area contributed by atoms with Gasteiger partial charge in [-0.05, 0) is 29.3 Å². The number of carbonyl (C=O) groups is 2. The Morgan fingerprint density at radius 3 is 2.63 bits per heavy atom. The predicted molar refractivity (Wildman–Crippen MR) is 103 cm³/mol. The van der Waals surface area contributed by atoms with E-state index in [0.29, 0.717) is 29.5 Å². The third-order valence-electron chi connectivity index (χ3n) is 3.37. The zero-order valence-electron chi connectivity index (χ0n) is 14.8. The quantitative estimate of drug-likeness (QED) is 0.313. The second-order valence-electron chi connectivity index (χ2n) is 5.41. The third kappa shape index (κ3) is 7.08. The number of methoxy groups -OCH3 is 1. The summed E-state index contributed by atoms with van der Waals surface area (Å²) in [6.45, 7) is 0.967. The van der Waals surface area contributed by atoms with E-state index < -0.39 is 11.8 Å². The van der Waals surface area contributed by atoms with Crippen LogP contribution < -0.4 is 15.5 Å². The molecule has 0 aliphatic heterocycles. The molecule has 2 rings (SSSR count). The SMILES string of the molecule is COCCNC(=O)C(=O)N/N=C\c1ccc(OCc2ccccc2)c(Cl)c1. The van der Waals surface area contributed by atoms with Crippen molar-refractivity contribution in [3.63, 3.8) is 0 Å². The Kier molecular flexibility index (Phi) is 8.28. The number of hydrazone groups is 1. The minimum atomic E-state index is -0.865. The van der Waals surface area contributed by atoms with Gasteiger partial charge in [0.05, 0.1) is 17.8 Å². The van der Waals surface area contributed by atoms with Crippen molar-refractivity contribution in [2.45, 2.75) is 6.61 Å². The molecule has 0 atom stereocenters. The smallest absolute Gasteiger partial charge is 0.329 e. The Bertz CT molecular complexity index is 797. The van der Waals surface area contributed by atoms with Crippen molar-refractivity contribution in [2.24, 2.45) is 5.10 Å². The largest absolute Gasteiger partial charge is 0.487 e. The molecule has 0 radical (unpaired) electrons. The highest BCUT2D eigenvalue weighted by Crippen LogP contribution is 2.25. The van der Waals surface area contributed by atoms with Gasteiger partial charge in [-0.2, -0.15) is 5.10 Å². The number of ether oxygens (including phenoxy) is 2. The Labute approximate surface area is 162 Å². The minimum absolute atomic E-state index is 0.243. The van der Waals surface area contributed by atoms with Gasteiger partial charge in [-0.15, -0.1) is 0 Å². The molecule has 0 aromatic heterocycles. The molecule has 2 aromatic rings. The number of benzene rings is 2. The van der Waals surface area contributed by atoms with Gasteiger partial charge in [-0.3, -0.25) is 9.59 Å². The van der Waals surface area contributed by atoms with Gasteiger partial charge >= 0.3 is 11.8 Å². The van der Waals surface area contributed by atoms with Gasteiger partial charge in [0.1, 0.15) is 12.4 Å². The van der Waals surface area contributed by atoms with Crippen LogP contribution in [0.3, 0.4) is 0 Å². The van der Waals surface area contributed by atoms with E-state index in [1.165, 1.54) is 13.3 Å². The van der Waals surface area contributed by atoms with Crippen molar-refractivity contribution in [3.8, 4) is 5.75 Å². The topological polar surface area (TPSA) is 89.0 Å². The van der Waals surface area contributed by atoms with E-state index in [9.17, 15) is 9.59 Å². The number of rotatable bonds is 8. The van der Waals surface area contributed by atoms with Crippen LogP contribution in [0.5, 0.6) is 5.75 Å². The summed E-state index contributed by atoms with van der Waals surface area (Å²) in [6.07, 6.45) is 1.38. The van der Waals surface area contributed by atoms with Gasteiger partial charge in [0.2, 0.25) is 0 Å². The van der Waals surface area contributed by atoms with Crippen molar-refractivity contribution in [1.82, 2.24) is 10.7 Å². The van der Waals surface area contributed by atoms with Crippen LogP contribution in [0.4, 0.5) is 0 Å². The van der Waals surface area contributed by atoms with Crippen LogP contribution in [-0.4, -0.2) is 38.3 Å². The van der Waals surface area contributed by atoms with Crippen molar-refractivity contribution in [1.29, 1.82) is 0 Å². The molecule has 0 heterocycles. The number of halogens is 1. The van der Waals surface area contributed by atoms with Crippen molar-refractivity contribution in [2.75, 3.05) is 20.3 Å². The highest BCUT2D eigenvalue weighted by molar-refractivity contribution is 6.35. The first-order chi connectivity index (χ1) is 13.1. The number of amides is 2. The van der Waals surface area contributed by atoms with Gasteiger partial charge in [-0.1, -0.05) is 41.9 Å². The lowest BCUT2D eigenvalue weighted by Crippen LogP contribution is -2.39. The number of nitrogens with zero attached hydrogens (tertiary/aromatic N) is 1. The first-order valence-corrected chi connectivity index (χ1v) is 8.54. The molecule has 0 spiro atoms. The summed E-state index contributed by atoms with van der Waals surface area (Å²) in [4.78, 5) is 23.0. The molecular formula is C19H20ClN3O4. The number of nitrogens with one attached hydrogen (secondary N) is 2. The standard InChI is InChI=1S/C19H20ClN3O4/c1-26-10-9-21-18(24)19(25)23-22-12-15-7-8-17(16(20)11-15)27-13-14-5-3-2-4-6-14/h2-8,11-12H,9-10,13H2,1H3,(H,21,24)(H,23,25)/b22-12-. The second kappa shape index (κ2) is 10.9. The zero-order chi connectivity index (χ0) is 19.5. The molecule has 0 saturated carbocycles. The van der Waals surface area contributed by atoms with Crippen LogP contribution >= 0.6 is 11.6 Å². The molecule has 0 saturated heterocycles. The predicted octanol–water partition coefficient (Wildman–Crippen LogP) is 2.13. The summed E-state index contributed by atoms with van der Waals surface area (Å²) in [6, 6.07) is 14.8. The maximum Gasteiger partial charge on any atom is 0.329 e. The molecule has 142 valence electrons. The molecule has 2 N–H and O–H groups in total. The van der Waals surface area contributed by atoms with Gasteiger partial charge in [0.25, 0.3) is 0 Å². The molecule has 0 unspecified atom stereocenters. The number of carbonyl (C=O) groups excluding carboxylic acids is 2. The van der Waals surface area contributed by atoms with Crippen molar-refractivity contribution < 1.29 is 19.1 Å². The monoisotopic (exact) mass is 389 g/mol. The van der Waals surface area contributed by atoms with E-state index in [-0.39, 0.29) is 6.54 Å². The molecule has 2 amide bonds. The number of hydrogen-bond acceptors (Lipinski definition) is 5. The van der Waals surface area contributed by atoms with Crippen molar-refractivity contribution >= 4 is 29.6 Å². The summed E-state index contributed by atoms with van der Waals surface area (Å²) in [7, 11) is 1.50. The van der Waals surface area contributed by atoms with Gasteiger partial charge < -0.3 is 14.8 Å². The molecule has 2 aromatic carbocycles. The molecule has 0 bridgehead atoms. The highest BCUT2D eigenvalue weighted by atomic mass is 35.5. The summed E-state index contributed by atoms with van der Waals surface area (Å²) < 4.78 is 10.5. The fraction of sp³-hybridized carbons (Fsp3) is 0.211. The first-order valence-electron chi connectivity index (χ1n) is 8.16. The van der Waals surface area contributed by atoms with E-state index in [1.54, 1.807) is 18.2 Å². The maximum absolute atomic E-state index is 11.5. The van der Waals surface area contributed by atoms with Crippen LogP contribution in [0.1, 0.15) is 11.1 Å². The zero-order valence-corrected chi connectivity index (χ0v) is 15.5. The highest BCUT2D eigenvalue weighted by Gasteiger charge is 2.11. The minimum Gasteiger partial charge on any atom is -0.487 e.